The first kappa shape index (κ1) is 14.1. The molecule has 1 atom stereocenters. The van der Waals surface area contributed by atoms with Gasteiger partial charge < -0.3 is 9.84 Å². The molecule has 19 heavy (non-hydrogen) atoms. The van der Waals surface area contributed by atoms with Crippen molar-refractivity contribution >= 4 is 27.6 Å². The van der Waals surface area contributed by atoms with E-state index in [2.05, 4.69) is 4.74 Å². The third-order valence-corrected chi connectivity index (χ3v) is 5.38. The van der Waals surface area contributed by atoms with E-state index in [-0.39, 0.29) is 16.5 Å². The van der Waals surface area contributed by atoms with Crippen LogP contribution in [0.4, 0.5) is 0 Å². The first-order chi connectivity index (χ1) is 8.89. The number of phenolic OH excluding ortho intramolecular Hbond substituents is 1. The summed E-state index contributed by atoms with van der Waals surface area (Å²) in [4.78, 5) is 11.0. The predicted octanol–water partition coefficient (Wildman–Crippen LogP) is 0.982. The topological polar surface area (TPSA) is 83.9 Å². The average Bonchev–Trinajstić information content (AvgIpc) is 2.25. The second-order valence-electron chi connectivity index (χ2n) is 4.03. The molecular formula is C11H12ClNO5S. The molecule has 1 aromatic rings. The third kappa shape index (κ3) is 2.29. The van der Waals surface area contributed by atoms with Crippen LogP contribution in [0.25, 0.3) is 0 Å². The monoisotopic (exact) mass is 305 g/mol. The second-order valence-corrected chi connectivity index (χ2v) is 6.27. The number of nitrogens with zero attached hydrogens (tertiary/aromatic N) is 1. The molecule has 0 saturated carbocycles. The van der Waals surface area contributed by atoms with Gasteiger partial charge in [-0.15, -0.1) is 0 Å². The molecule has 0 bridgehead atoms. The molecule has 1 aromatic carbocycles. The minimum atomic E-state index is -4.02. The number of esters is 1. The Morgan fingerprint density at radius 2 is 2.21 bits per heavy atom. The van der Waals surface area contributed by atoms with E-state index < -0.39 is 27.8 Å². The molecule has 1 saturated heterocycles. The molecule has 1 aliphatic rings. The molecule has 1 fully saturated rings. The van der Waals surface area contributed by atoms with E-state index in [1.165, 1.54) is 25.3 Å². The first-order valence-corrected chi connectivity index (χ1v) is 7.28. The number of aromatic hydroxyl groups is 1. The summed E-state index contributed by atoms with van der Waals surface area (Å²) < 4.78 is 30.2. The van der Waals surface area contributed by atoms with E-state index in [0.717, 1.165) is 4.31 Å². The van der Waals surface area contributed by atoms with Gasteiger partial charge in [-0.25, -0.2) is 8.42 Å². The Kier molecular flexibility index (Phi) is 3.71. The number of carbonyl (C=O) groups excluding carboxylic acids is 1. The van der Waals surface area contributed by atoms with E-state index in [1.54, 1.807) is 0 Å². The molecule has 1 N–H and O–H groups in total. The Morgan fingerprint density at radius 1 is 1.53 bits per heavy atom. The van der Waals surface area contributed by atoms with E-state index in [0.29, 0.717) is 6.42 Å². The van der Waals surface area contributed by atoms with Crippen LogP contribution in [0.15, 0.2) is 23.1 Å². The van der Waals surface area contributed by atoms with Crippen LogP contribution in [0, 0.1) is 0 Å². The highest BCUT2D eigenvalue weighted by Gasteiger charge is 2.45. The molecule has 104 valence electrons. The van der Waals surface area contributed by atoms with Gasteiger partial charge in [-0.1, -0.05) is 17.7 Å². The van der Waals surface area contributed by atoms with Crippen LogP contribution in [0.3, 0.4) is 0 Å². The molecule has 0 radical (unpaired) electrons. The molecule has 0 aromatic heterocycles. The molecule has 2 rings (SSSR count). The number of sulfonamides is 1. The van der Waals surface area contributed by atoms with Crippen molar-refractivity contribution in [2.75, 3.05) is 13.7 Å². The Bertz CT molecular complexity index is 595. The van der Waals surface area contributed by atoms with Crippen LogP contribution in [0.5, 0.6) is 5.75 Å². The smallest absolute Gasteiger partial charge is 0.324 e. The number of halogens is 1. The minimum Gasteiger partial charge on any atom is -0.506 e. The lowest BCUT2D eigenvalue weighted by Crippen LogP contribution is -2.55. The van der Waals surface area contributed by atoms with Crippen molar-refractivity contribution < 1.29 is 23.1 Å². The van der Waals surface area contributed by atoms with E-state index in [1.807, 2.05) is 0 Å². The molecule has 8 heteroatoms. The lowest BCUT2D eigenvalue weighted by Gasteiger charge is -2.37. The summed E-state index contributed by atoms with van der Waals surface area (Å²) in [5.41, 5.74) is 0. The van der Waals surface area contributed by atoms with E-state index >= 15 is 0 Å². The standard InChI is InChI=1S/C11H12ClNO5S/c1-18-11(15)8-5-6-13(8)19(16,17)10-7(12)3-2-4-9(10)14/h2-4,8,14H,5-6H2,1H3. The summed E-state index contributed by atoms with van der Waals surface area (Å²) >= 11 is 5.82. The number of carbonyl (C=O) groups is 1. The molecule has 1 heterocycles. The van der Waals surface area contributed by atoms with Crippen molar-refractivity contribution in [3.05, 3.63) is 23.2 Å². The molecule has 0 aliphatic carbocycles. The summed E-state index contributed by atoms with van der Waals surface area (Å²) in [6, 6.07) is 3.17. The zero-order valence-electron chi connectivity index (χ0n) is 10.0. The van der Waals surface area contributed by atoms with Crippen molar-refractivity contribution in [3.8, 4) is 5.75 Å². The molecular weight excluding hydrogens is 294 g/mol. The maximum atomic E-state index is 12.4. The third-order valence-electron chi connectivity index (χ3n) is 2.96. The first-order valence-electron chi connectivity index (χ1n) is 5.46. The molecule has 1 unspecified atom stereocenters. The lowest BCUT2D eigenvalue weighted by atomic mass is 10.1. The summed E-state index contributed by atoms with van der Waals surface area (Å²) in [6.45, 7) is 0.187. The highest BCUT2D eigenvalue weighted by Crippen LogP contribution is 2.36. The van der Waals surface area contributed by atoms with Crippen LogP contribution in [0.2, 0.25) is 5.02 Å². The van der Waals surface area contributed by atoms with Crippen LogP contribution < -0.4 is 0 Å². The maximum Gasteiger partial charge on any atom is 0.324 e. The normalized spacial score (nSPS) is 19.8. The lowest BCUT2D eigenvalue weighted by molar-refractivity contribution is -0.148. The Labute approximate surface area is 115 Å². The summed E-state index contributed by atoms with van der Waals surface area (Å²) in [5, 5.41) is 9.58. The summed E-state index contributed by atoms with van der Waals surface area (Å²) in [5.74, 6) is -1.07. The maximum absolute atomic E-state index is 12.4. The Balaban J connectivity index is 2.41. The van der Waals surface area contributed by atoms with Crippen LogP contribution in [-0.2, 0) is 19.6 Å². The second kappa shape index (κ2) is 4.99. The van der Waals surface area contributed by atoms with Crippen molar-refractivity contribution in [3.63, 3.8) is 0 Å². The van der Waals surface area contributed by atoms with Gasteiger partial charge in [0.2, 0.25) is 10.0 Å². The number of hydrogen-bond acceptors (Lipinski definition) is 5. The van der Waals surface area contributed by atoms with Gasteiger partial charge in [0.15, 0.2) is 0 Å². The van der Waals surface area contributed by atoms with Gasteiger partial charge in [0.25, 0.3) is 0 Å². The summed E-state index contributed by atoms with van der Waals surface area (Å²) in [6.07, 6.45) is 0.386. The molecule has 0 amide bonds. The van der Waals surface area contributed by atoms with E-state index in [4.69, 9.17) is 11.6 Å². The largest absolute Gasteiger partial charge is 0.506 e. The quantitative estimate of drug-likeness (QED) is 0.842. The van der Waals surface area contributed by atoms with Gasteiger partial charge >= 0.3 is 5.97 Å². The average molecular weight is 306 g/mol. The van der Waals surface area contributed by atoms with Crippen LogP contribution >= 0.6 is 11.6 Å². The molecule has 0 spiro atoms. The number of methoxy groups -OCH3 is 1. The van der Waals surface area contributed by atoms with Crippen molar-refractivity contribution in [2.24, 2.45) is 0 Å². The van der Waals surface area contributed by atoms with Gasteiger partial charge in [0.1, 0.15) is 16.7 Å². The molecule has 1 aliphatic heterocycles. The van der Waals surface area contributed by atoms with Gasteiger partial charge in [0, 0.05) is 6.54 Å². The predicted molar refractivity (Wildman–Crippen MR) is 67.4 cm³/mol. The van der Waals surface area contributed by atoms with Gasteiger partial charge in [0.05, 0.1) is 12.1 Å². The van der Waals surface area contributed by atoms with Gasteiger partial charge in [-0.3, -0.25) is 4.79 Å². The van der Waals surface area contributed by atoms with E-state index in [9.17, 15) is 18.3 Å². The zero-order valence-corrected chi connectivity index (χ0v) is 11.6. The zero-order chi connectivity index (χ0) is 14.2. The Hall–Kier alpha value is -1.31. The number of phenols is 1. The van der Waals surface area contributed by atoms with Crippen LogP contribution in [-0.4, -0.2) is 43.5 Å². The van der Waals surface area contributed by atoms with Crippen LogP contribution in [0.1, 0.15) is 6.42 Å². The Morgan fingerprint density at radius 3 is 2.68 bits per heavy atom. The highest BCUT2D eigenvalue weighted by atomic mass is 35.5. The fraction of sp³-hybridized carbons (Fsp3) is 0.364. The highest BCUT2D eigenvalue weighted by molar-refractivity contribution is 7.89. The number of ether oxygens (including phenoxy) is 1. The number of hydrogen-bond donors (Lipinski definition) is 1. The number of rotatable bonds is 3. The van der Waals surface area contributed by atoms with Gasteiger partial charge in [-0.2, -0.15) is 4.31 Å². The summed E-state index contributed by atoms with van der Waals surface area (Å²) in [7, 11) is -2.82. The molecule has 6 nitrogen and oxygen atoms in total. The van der Waals surface area contributed by atoms with Crippen molar-refractivity contribution in [1.29, 1.82) is 0 Å². The minimum absolute atomic E-state index is 0.0875. The van der Waals surface area contributed by atoms with Crippen molar-refractivity contribution in [2.45, 2.75) is 17.4 Å². The fourth-order valence-electron chi connectivity index (χ4n) is 1.89. The number of benzene rings is 1. The SMILES string of the molecule is COC(=O)C1CCN1S(=O)(=O)c1c(O)cccc1Cl. The van der Waals surface area contributed by atoms with Gasteiger partial charge in [-0.05, 0) is 18.6 Å². The fourth-order valence-corrected chi connectivity index (χ4v) is 4.11. The van der Waals surface area contributed by atoms with Crippen molar-refractivity contribution in [1.82, 2.24) is 4.31 Å².